The van der Waals surface area contributed by atoms with Gasteiger partial charge >= 0.3 is 0 Å². The molecule has 0 spiro atoms. The molecular formula is C21H23N3O3S. The third-order valence-corrected chi connectivity index (χ3v) is 6.35. The first-order valence-corrected chi connectivity index (χ1v) is 10.4. The maximum absolute atomic E-state index is 12.9. The number of methoxy groups -OCH3 is 1. The Hall–Kier alpha value is -2.67. The van der Waals surface area contributed by atoms with Crippen LogP contribution in [0.4, 0.5) is 0 Å². The van der Waals surface area contributed by atoms with Gasteiger partial charge < -0.3 is 10.1 Å². The van der Waals surface area contributed by atoms with Crippen molar-refractivity contribution in [1.82, 2.24) is 14.9 Å². The monoisotopic (exact) mass is 397 g/mol. The van der Waals surface area contributed by atoms with Crippen molar-refractivity contribution in [2.45, 2.75) is 45.2 Å². The lowest BCUT2D eigenvalue weighted by atomic mass is 9.97. The highest BCUT2D eigenvalue weighted by molar-refractivity contribution is 7.18. The highest BCUT2D eigenvalue weighted by Crippen LogP contribution is 2.33. The molecule has 0 aliphatic heterocycles. The number of carbonyl (C=O) groups excluding carboxylic acids is 1. The quantitative estimate of drug-likeness (QED) is 0.694. The molecule has 6 nitrogen and oxygen atoms in total. The van der Waals surface area contributed by atoms with Gasteiger partial charge in [0.1, 0.15) is 10.6 Å². The summed E-state index contributed by atoms with van der Waals surface area (Å²) in [5.74, 6) is 0.666. The van der Waals surface area contributed by atoms with Gasteiger partial charge in [-0.2, -0.15) is 0 Å². The van der Waals surface area contributed by atoms with Crippen LogP contribution < -0.4 is 15.6 Å². The van der Waals surface area contributed by atoms with Crippen molar-refractivity contribution in [1.29, 1.82) is 0 Å². The van der Waals surface area contributed by atoms with E-state index in [1.165, 1.54) is 16.9 Å². The molecule has 1 aromatic carbocycles. The van der Waals surface area contributed by atoms with E-state index in [2.05, 4.69) is 10.3 Å². The highest BCUT2D eigenvalue weighted by Gasteiger charge is 2.20. The minimum absolute atomic E-state index is 0.0232. The summed E-state index contributed by atoms with van der Waals surface area (Å²) in [6.45, 7) is 0.761. The van der Waals surface area contributed by atoms with Gasteiger partial charge in [-0.3, -0.25) is 14.2 Å². The standard InChI is InChI=1S/C21H23N3O3S/c1-27-15-6-4-5-14(11-15)12-22-18(25)9-10-24-13-23-20-19(21(24)26)16-7-2-3-8-17(16)28-20/h4-6,11,13H,2-3,7-10,12H2,1H3,(H,22,25). The smallest absolute Gasteiger partial charge is 0.262 e. The molecular weight excluding hydrogens is 374 g/mol. The Morgan fingerprint density at radius 1 is 1.32 bits per heavy atom. The number of aromatic nitrogens is 2. The first-order valence-electron chi connectivity index (χ1n) is 9.55. The average Bonchev–Trinajstić information content (AvgIpc) is 3.11. The van der Waals surface area contributed by atoms with Crippen LogP contribution in [0.5, 0.6) is 5.75 Å². The largest absolute Gasteiger partial charge is 0.497 e. The van der Waals surface area contributed by atoms with Crippen LogP contribution >= 0.6 is 11.3 Å². The number of ether oxygens (including phenoxy) is 1. The van der Waals surface area contributed by atoms with Crippen molar-refractivity contribution in [3.63, 3.8) is 0 Å². The summed E-state index contributed by atoms with van der Waals surface area (Å²) in [5, 5.41) is 3.66. The molecule has 3 aromatic rings. The lowest BCUT2D eigenvalue weighted by Gasteiger charge is -2.10. The maximum Gasteiger partial charge on any atom is 0.262 e. The topological polar surface area (TPSA) is 73.2 Å². The molecule has 1 N–H and O–H groups in total. The normalized spacial score (nSPS) is 13.3. The van der Waals surface area contributed by atoms with E-state index in [4.69, 9.17) is 4.74 Å². The van der Waals surface area contributed by atoms with E-state index in [9.17, 15) is 9.59 Å². The zero-order valence-electron chi connectivity index (χ0n) is 15.9. The average molecular weight is 398 g/mol. The molecule has 0 radical (unpaired) electrons. The molecule has 2 heterocycles. The van der Waals surface area contributed by atoms with E-state index in [1.54, 1.807) is 29.3 Å². The number of rotatable bonds is 6. The lowest BCUT2D eigenvalue weighted by molar-refractivity contribution is -0.121. The minimum Gasteiger partial charge on any atom is -0.497 e. The van der Waals surface area contributed by atoms with Gasteiger partial charge in [-0.05, 0) is 48.9 Å². The van der Waals surface area contributed by atoms with Gasteiger partial charge in [0.25, 0.3) is 5.56 Å². The summed E-state index contributed by atoms with van der Waals surface area (Å²) >= 11 is 1.64. The van der Waals surface area contributed by atoms with E-state index < -0.39 is 0 Å². The van der Waals surface area contributed by atoms with Crippen LogP contribution in [0.15, 0.2) is 35.4 Å². The maximum atomic E-state index is 12.9. The molecule has 0 fully saturated rings. The number of thiophene rings is 1. The van der Waals surface area contributed by atoms with E-state index >= 15 is 0 Å². The number of nitrogens with zero attached hydrogens (tertiary/aromatic N) is 2. The number of aryl methyl sites for hydroxylation is 3. The van der Waals surface area contributed by atoms with Gasteiger partial charge in [0, 0.05) is 24.4 Å². The molecule has 0 saturated heterocycles. The molecule has 4 rings (SSSR count). The molecule has 1 aliphatic rings. The van der Waals surface area contributed by atoms with Gasteiger partial charge in [0.2, 0.25) is 5.91 Å². The van der Waals surface area contributed by atoms with Crippen molar-refractivity contribution >= 4 is 27.5 Å². The molecule has 0 atom stereocenters. The Bertz CT molecular complexity index is 1070. The van der Waals surface area contributed by atoms with Crippen molar-refractivity contribution in [2.75, 3.05) is 7.11 Å². The molecule has 28 heavy (non-hydrogen) atoms. The number of hydrogen-bond acceptors (Lipinski definition) is 5. The van der Waals surface area contributed by atoms with Crippen LogP contribution in [0.2, 0.25) is 0 Å². The van der Waals surface area contributed by atoms with Crippen molar-refractivity contribution in [3.8, 4) is 5.75 Å². The second-order valence-corrected chi connectivity index (χ2v) is 8.10. The van der Waals surface area contributed by atoms with Crippen molar-refractivity contribution < 1.29 is 9.53 Å². The highest BCUT2D eigenvalue weighted by atomic mass is 32.1. The molecule has 0 bridgehead atoms. The molecule has 0 unspecified atom stereocenters. The lowest BCUT2D eigenvalue weighted by Crippen LogP contribution is -2.27. The summed E-state index contributed by atoms with van der Waals surface area (Å²) < 4.78 is 6.76. The van der Waals surface area contributed by atoms with Crippen LogP contribution in [0.1, 0.15) is 35.3 Å². The molecule has 1 aliphatic carbocycles. The Morgan fingerprint density at radius 2 is 2.18 bits per heavy atom. The van der Waals surface area contributed by atoms with E-state index in [-0.39, 0.29) is 17.9 Å². The minimum atomic E-state index is -0.0952. The zero-order chi connectivity index (χ0) is 19.5. The van der Waals surface area contributed by atoms with E-state index in [0.29, 0.717) is 13.1 Å². The number of fused-ring (bicyclic) bond motifs is 3. The summed E-state index contributed by atoms with van der Waals surface area (Å²) in [4.78, 5) is 31.7. The van der Waals surface area contributed by atoms with E-state index in [0.717, 1.165) is 40.8 Å². The Balaban J connectivity index is 1.41. The van der Waals surface area contributed by atoms with E-state index in [1.807, 2.05) is 24.3 Å². The fourth-order valence-corrected chi connectivity index (χ4v) is 4.85. The van der Waals surface area contributed by atoms with Gasteiger partial charge in [-0.15, -0.1) is 11.3 Å². The number of hydrogen-bond donors (Lipinski definition) is 1. The van der Waals surface area contributed by atoms with Crippen LogP contribution in [-0.2, 0) is 30.7 Å². The number of benzene rings is 1. The SMILES string of the molecule is COc1cccc(CNC(=O)CCn2cnc3sc4c(c3c2=O)CCCC4)c1. The molecule has 146 valence electrons. The summed E-state index contributed by atoms with van der Waals surface area (Å²) in [6.07, 6.45) is 6.12. The van der Waals surface area contributed by atoms with Gasteiger partial charge in [0.05, 0.1) is 18.8 Å². The number of nitrogens with one attached hydrogen (secondary N) is 1. The third kappa shape index (κ3) is 3.80. The number of carbonyl (C=O) groups is 1. The first-order chi connectivity index (χ1) is 13.7. The van der Waals surface area contributed by atoms with Crippen molar-refractivity contribution in [2.24, 2.45) is 0 Å². The van der Waals surface area contributed by atoms with Gasteiger partial charge in [0.15, 0.2) is 0 Å². The second kappa shape index (κ2) is 8.14. The van der Waals surface area contributed by atoms with Crippen LogP contribution in [0.25, 0.3) is 10.2 Å². The molecule has 2 aromatic heterocycles. The summed E-state index contributed by atoms with van der Waals surface area (Å²) in [6, 6.07) is 7.58. The molecule has 1 amide bonds. The van der Waals surface area contributed by atoms with Gasteiger partial charge in [-0.1, -0.05) is 12.1 Å². The first kappa shape index (κ1) is 18.7. The number of amides is 1. The van der Waals surface area contributed by atoms with Crippen molar-refractivity contribution in [3.05, 3.63) is 57.0 Å². The molecule has 0 saturated carbocycles. The van der Waals surface area contributed by atoms with Gasteiger partial charge in [-0.25, -0.2) is 4.98 Å². The van der Waals surface area contributed by atoms with Crippen LogP contribution in [0.3, 0.4) is 0 Å². The fourth-order valence-electron chi connectivity index (χ4n) is 3.63. The predicted molar refractivity (Wildman–Crippen MR) is 110 cm³/mol. The Morgan fingerprint density at radius 3 is 3.04 bits per heavy atom. The second-order valence-electron chi connectivity index (χ2n) is 7.01. The van der Waals surface area contributed by atoms with Crippen LogP contribution in [-0.4, -0.2) is 22.6 Å². The predicted octanol–water partition coefficient (Wildman–Crippen LogP) is 3.05. The fraction of sp³-hybridized carbons (Fsp3) is 0.381. The van der Waals surface area contributed by atoms with Crippen LogP contribution in [0, 0.1) is 0 Å². The summed E-state index contributed by atoms with van der Waals surface area (Å²) in [7, 11) is 1.62. The Labute approximate surface area is 167 Å². The zero-order valence-corrected chi connectivity index (χ0v) is 16.7. The summed E-state index contributed by atoms with van der Waals surface area (Å²) in [5.41, 5.74) is 2.13. The Kier molecular flexibility index (Phi) is 5.43. The third-order valence-electron chi connectivity index (χ3n) is 5.15. The molecule has 7 heteroatoms.